The number of aromatic nitrogens is 2. The minimum Gasteiger partial charge on any atom is -0.308 e. The first kappa shape index (κ1) is 41.8. The Morgan fingerprint density at radius 1 is 0.257 bits per heavy atom. The molecule has 0 unspecified atom stereocenters. The second-order valence-electron chi connectivity index (χ2n) is 19.8. The molecule has 13 aromatic rings. The maximum atomic E-state index is 11.3. The summed E-state index contributed by atoms with van der Waals surface area (Å²) in [6.07, 6.45) is 0. The van der Waals surface area contributed by atoms with Crippen LogP contribution in [-0.2, 0) is 0 Å². The number of rotatable bonds is 6. The van der Waals surface area contributed by atoms with E-state index in [-0.39, 0.29) is 11.8 Å². The predicted octanol–water partition coefficient (Wildman–Crippen LogP) is 17.3. The highest BCUT2D eigenvalue weighted by Crippen LogP contribution is 2.57. The van der Waals surface area contributed by atoms with Gasteiger partial charge in [0.05, 0.1) is 44.6 Å². The Kier molecular flexibility index (Phi) is 9.18. The van der Waals surface area contributed by atoms with E-state index in [4.69, 9.17) is 0 Å². The molecule has 2 bridgehead atoms. The van der Waals surface area contributed by atoms with Gasteiger partial charge in [0, 0.05) is 33.4 Å². The van der Waals surface area contributed by atoms with Gasteiger partial charge in [-0.1, -0.05) is 170 Å². The number of hydrogen-bond acceptors (Lipinski definition) is 2. The van der Waals surface area contributed by atoms with Gasteiger partial charge in [-0.3, -0.25) is 0 Å². The Hall–Kier alpha value is -10.0. The molecule has 4 heteroatoms. The molecule has 0 amide bonds. The van der Waals surface area contributed by atoms with E-state index in [1.807, 2.05) is 0 Å². The Labute approximate surface area is 428 Å². The number of benzene rings is 11. The van der Waals surface area contributed by atoms with Crippen molar-refractivity contribution in [1.82, 2.24) is 9.13 Å². The summed E-state index contributed by atoms with van der Waals surface area (Å²) < 4.78 is 4.63. The molecule has 0 N–H and O–H groups in total. The largest absolute Gasteiger partial charge is 0.308 e. The van der Waals surface area contributed by atoms with Gasteiger partial charge in [0.1, 0.15) is 12.1 Å². The van der Waals surface area contributed by atoms with Crippen LogP contribution in [0.15, 0.2) is 243 Å². The molecule has 11 aromatic carbocycles. The molecule has 342 valence electrons. The molecule has 0 aliphatic heterocycles. The van der Waals surface area contributed by atoms with E-state index >= 15 is 0 Å². The first-order valence-electron chi connectivity index (χ1n) is 25.3. The molecule has 0 radical (unpaired) electrons. The molecule has 0 spiro atoms. The molecule has 4 nitrogen and oxygen atoms in total. The van der Waals surface area contributed by atoms with Crippen molar-refractivity contribution < 1.29 is 0 Å². The highest BCUT2D eigenvalue weighted by molar-refractivity contribution is 6.13. The third kappa shape index (κ3) is 6.19. The maximum absolute atomic E-state index is 11.3. The van der Waals surface area contributed by atoms with Crippen LogP contribution < -0.4 is 0 Å². The minimum atomic E-state index is -0.163. The number of nitrogens with zero attached hydrogens (tertiary/aromatic N) is 4. The molecule has 16 rings (SSSR count). The average Bonchev–Trinajstić information content (AvgIpc) is 3.98. The lowest BCUT2D eigenvalue weighted by molar-refractivity contribution is 0.751. The van der Waals surface area contributed by atoms with Gasteiger partial charge in [0.2, 0.25) is 0 Å². The van der Waals surface area contributed by atoms with E-state index in [1.165, 1.54) is 22.3 Å². The Balaban J connectivity index is 0.958. The zero-order valence-corrected chi connectivity index (χ0v) is 40.0. The predicted molar refractivity (Wildman–Crippen MR) is 301 cm³/mol. The first-order chi connectivity index (χ1) is 36.6. The summed E-state index contributed by atoms with van der Waals surface area (Å²) in [6.45, 7) is 0. The third-order valence-electron chi connectivity index (χ3n) is 15.9. The van der Waals surface area contributed by atoms with Crippen molar-refractivity contribution >= 4 is 43.6 Å². The second-order valence-corrected chi connectivity index (χ2v) is 19.8. The van der Waals surface area contributed by atoms with Gasteiger partial charge in [-0.05, 0) is 151 Å². The number of fused-ring (bicyclic) bond motifs is 6. The van der Waals surface area contributed by atoms with Crippen LogP contribution in [0.3, 0.4) is 0 Å². The molecule has 2 aromatic heterocycles. The lowest BCUT2D eigenvalue weighted by Crippen LogP contribution is -2.28. The van der Waals surface area contributed by atoms with Gasteiger partial charge in [-0.25, -0.2) is 0 Å². The van der Waals surface area contributed by atoms with E-state index in [0.717, 1.165) is 111 Å². The standard InChI is InChI=1S/C70H42N4/c71-41-51-37-59-61(39-67(51)73-63-29-25-47(43-15-5-1-6-16-43)33-55(63)56-34-48(26-30-64(56)73)44-17-7-2-8-18-44)70-54-24-14-13-23-53(54)69(59)60-38-52(42-72)68(40-62(60)70)74-65-31-27-49(45-19-9-3-10-20-45)35-57(65)58-36-50(28-32-66(58)74)46-21-11-4-12-22-46/h1-40,69-70H. The van der Waals surface area contributed by atoms with Crippen molar-refractivity contribution in [1.29, 1.82) is 10.5 Å². The average molecular weight is 939 g/mol. The molecular formula is C70H42N4. The monoisotopic (exact) mass is 938 g/mol. The third-order valence-corrected chi connectivity index (χ3v) is 15.9. The van der Waals surface area contributed by atoms with Crippen LogP contribution >= 0.6 is 0 Å². The molecule has 0 atom stereocenters. The van der Waals surface area contributed by atoms with Crippen LogP contribution in [0.5, 0.6) is 0 Å². The zero-order valence-electron chi connectivity index (χ0n) is 40.0. The van der Waals surface area contributed by atoms with Crippen molar-refractivity contribution in [3.8, 4) is 68.0 Å². The van der Waals surface area contributed by atoms with Gasteiger partial charge in [0.15, 0.2) is 0 Å². The number of hydrogen-bond donors (Lipinski definition) is 0. The zero-order chi connectivity index (χ0) is 49.0. The summed E-state index contributed by atoms with van der Waals surface area (Å²) in [5.41, 5.74) is 23.4. The van der Waals surface area contributed by atoms with Crippen molar-refractivity contribution in [3.05, 3.63) is 287 Å². The maximum Gasteiger partial charge on any atom is 0.101 e. The topological polar surface area (TPSA) is 57.4 Å². The molecule has 3 aliphatic carbocycles. The molecule has 0 fully saturated rings. The van der Waals surface area contributed by atoms with E-state index in [0.29, 0.717) is 11.1 Å². The summed E-state index contributed by atoms with van der Waals surface area (Å²) in [5.74, 6) is -0.312. The summed E-state index contributed by atoms with van der Waals surface area (Å²) in [4.78, 5) is 0. The van der Waals surface area contributed by atoms with Crippen LogP contribution in [0, 0.1) is 22.7 Å². The minimum absolute atomic E-state index is 0.149. The Morgan fingerprint density at radius 3 is 0.811 bits per heavy atom. The van der Waals surface area contributed by atoms with E-state index in [9.17, 15) is 10.5 Å². The highest BCUT2D eigenvalue weighted by atomic mass is 15.0. The van der Waals surface area contributed by atoms with Gasteiger partial charge >= 0.3 is 0 Å². The van der Waals surface area contributed by atoms with Gasteiger partial charge in [0.25, 0.3) is 0 Å². The molecule has 2 heterocycles. The van der Waals surface area contributed by atoms with Gasteiger partial charge < -0.3 is 9.13 Å². The SMILES string of the molecule is N#Cc1cc2c(cc1-n1c3ccc(-c4ccccc4)cc3c3cc(-c4ccccc4)ccc31)C1c3ccccc3C2c2cc(C#N)c(-n3c4ccc(-c5ccccc5)cc4c4cc(-c5ccccc5)ccc43)cc21. The fourth-order valence-electron chi connectivity index (χ4n) is 12.6. The molecule has 74 heavy (non-hydrogen) atoms. The van der Waals surface area contributed by atoms with Crippen molar-refractivity contribution in [2.24, 2.45) is 0 Å². The quantitative estimate of drug-likeness (QED) is 0.167. The fraction of sp³-hybridized carbons (Fsp3) is 0.0286. The Morgan fingerprint density at radius 2 is 0.527 bits per heavy atom. The van der Waals surface area contributed by atoms with E-state index in [2.05, 4.69) is 264 Å². The lowest BCUT2D eigenvalue weighted by atomic mass is 9.60. The van der Waals surface area contributed by atoms with Gasteiger partial charge in [-0.2, -0.15) is 10.5 Å². The Bertz CT molecular complexity index is 4090. The van der Waals surface area contributed by atoms with Crippen LogP contribution in [0.25, 0.3) is 99.5 Å². The summed E-state index contributed by atoms with van der Waals surface area (Å²) in [6, 6.07) is 92.2. The highest BCUT2D eigenvalue weighted by Gasteiger charge is 2.43. The van der Waals surface area contributed by atoms with E-state index in [1.54, 1.807) is 0 Å². The molecule has 3 aliphatic rings. The van der Waals surface area contributed by atoms with Crippen LogP contribution in [0.2, 0.25) is 0 Å². The fourth-order valence-corrected chi connectivity index (χ4v) is 12.6. The van der Waals surface area contributed by atoms with E-state index < -0.39 is 0 Å². The van der Waals surface area contributed by atoms with Crippen molar-refractivity contribution in [2.45, 2.75) is 11.8 Å². The molecule has 0 saturated heterocycles. The lowest BCUT2D eigenvalue weighted by Gasteiger charge is -2.43. The van der Waals surface area contributed by atoms with Crippen molar-refractivity contribution in [3.63, 3.8) is 0 Å². The number of nitriles is 2. The van der Waals surface area contributed by atoms with Crippen LogP contribution in [0.1, 0.15) is 56.3 Å². The summed E-state index contributed by atoms with van der Waals surface area (Å²) >= 11 is 0. The summed E-state index contributed by atoms with van der Waals surface area (Å²) in [5, 5.41) is 27.0. The molecular weight excluding hydrogens is 897 g/mol. The summed E-state index contributed by atoms with van der Waals surface area (Å²) in [7, 11) is 0. The normalized spacial score (nSPS) is 14.2. The van der Waals surface area contributed by atoms with Crippen LogP contribution in [-0.4, -0.2) is 9.13 Å². The smallest absolute Gasteiger partial charge is 0.101 e. The van der Waals surface area contributed by atoms with Gasteiger partial charge in [-0.15, -0.1) is 0 Å². The van der Waals surface area contributed by atoms with Crippen LogP contribution in [0.4, 0.5) is 0 Å². The van der Waals surface area contributed by atoms with Crippen molar-refractivity contribution in [2.75, 3.05) is 0 Å². The second kappa shape index (κ2) is 16.3. The molecule has 0 saturated carbocycles. The first-order valence-corrected chi connectivity index (χ1v) is 25.3.